The number of hydrogen-bond donors (Lipinski definition) is 0. The van der Waals surface area contributed by atoms with Crippen LogP contribution in [0.25, 0.3) is 10.8 Å². The van der Waals surface area contributed by atoms with Crippen LogP contribution < -0.4 is 5.56 Å². The van der Waals surface area contributed by atoms with E-state index >= 15 is 0 Å². The first kappa shape index (κ1) is 18.4. The summed E-state index contributed by atoms with van der Waals surface area (Å²) >= 11 is 0. The second kappa shape index (κ2) is 7.58. The molecule has 3 heterocycles. The number of likely N-dealkylation sites (tertiary alicyclic amines) is 1. The maximum atomic E-state index is 12.8. The van der Waals surface area contributed by atoms with Gasteiger partial charge < -0.3 is 14.0 Å². The fourth-order valence-electron chi connectivity index (χ4n) is 3.65. The van der Waals surface area contributed by atoms with Crippen molar-refractivity contribution in [3.63, 3.8) is 0 Å². The summed E-state index contributed by atoms with van der Waals surface area (Å²) in [6, 6.07) is 9.29. The molecule has 1 amide bonds. The zero-order valence-electron chi connectivity index (χ0n) is 16.2. The number of aromatic nitrogens is 3. The number of fused-ring (bicyclic) bond motifs is 1. The lowest BCUT2D eigenvalue weighted by Crippen LogP contribution is -2.42. The molecule has 1 aromatic carbocycles. The van der Waals surface area contributed by atoms with Crippen molar-refractivity contribution in [2.24, 2.45) is 0 Å². The summed E-state index contributed by atoms with van der Waals surface area (Å²) in [4.78, 5) is 31.8. The van der Waals surface area contributed by atoms with E-state index in [9.17, 15) is 9.59 Å². The first-order chi connectivity index (χ1) is 13.5. The third-order valence-electron chi connectivity index (χ3n) is 5.29. The molecule has 28 heavy (non-hydrogen) atoms. The van der Waals surface area contributed by atoms with Crippen molar-refractivity contribution in [3.05, 3.63) is 58.6 Å². The number of rotatable bonds is 4. The Kier molecular flexibility index (Phi) is 4.98. The van der Waals surface area contributed by atoms with Gasteiger partial charge in [0, 0.05) is 30.6 Å². The largest absolute Gasteiger partial charge is 0.340 e. The van der Waals surface area contributed by atoms with Gasteiger partial charge in [0.15, 0.2) is 5.82 Å². The highest BCUT2D eigenvalue weighted by molar-refractivity contribution is 5.82. The average molecular weight is 380 g/mol. The molecular weight excluding hydrogens is 356 g/mol. The lowest BCUT2D eigenvalue weighted by atomic mass is 9.98. The summed E-state index contributed by atoms with van der Waals surface area (Å²) in [6.07, 6.45) is 3.48. The number of hydrogen-bond acceptors (Lipinski definition) is 5. The lowest BCUT2D eigenvalue weighted by molar-refractivity contribution is -0.133. The van der Waals surface area contributed by atoms with Gasteiger partial charge in [-0.1, -0.05) is 37.2 Å². The van der Waals surface area contributed by atoms with Crippen LogP contribution >= 0.6 is 0 Å². The zero-order chi connectivity index (χ0) is 19.7. The van der Waals surface area contributed by atoms with Crippen molar-refractivity contribution in [2.45, 2.75) is 45.1 Å². The van der Waals surface area contributed by atoms with Crippen LogP contribution in [0.3, 0.4) is 0 Å². The van der Waals surface area contributed by atoms with Gasteiger partial charge in [-0.25, -0.2) is 0 Å². The van der Waals surface area contributed by atoms with E-state index in [-0.39, 0.29) is 29.8 Å². The molecule has 2 aromatic heterocycles. The highest BCUT2D eigenvalue weighted by Gasteiger charge is 2.29. The van der Waals surface area contributed by atoms with Crippen LogP contribution in [-0.2, 0) is 11.3 Å². The fraction of sp³-hybridized carbons (Fsp3) is 0.429. The number of carbonyl (C=O) groups excluding carboxylic acids is 1. The second-order valence-electron chi connectivity index (χ2n) is 7.66. The maximum absolute atomic E-state index is 12.8. The van der Waals surface area contributed by atoms with Crippen LogP contribution in [0.4, 0.5) is 0 Å². The Labute approximate surface area is 163 Å². The fourth-order valence-corrected chi connectivity index (χ4v) is 3.65. The van der Waals surface area contributed by atoms with Gasteiger partial charge in [0.2, 0.25) is 11.8 Å². The maximum Gasteiger partial charge on any atom is 0.258 e. The van der Waals surface area contributed by atoms with Crippen LogP contribution in [-0.4, -0.2) is 38.6 Å². The molecule has 0 saturated carbocycles. The number of benzene rings is 1. The molecule has 7 heteroatoms. The van der Waals surface area contributed by atoms with E-state index in [2.05, 4.69) is 10.1 Å². The molecule has 4 rings (SSSR count). The van der Waals surface area contributed by atoms with Crippen LogP contribution in [0.5, 0.6) is 0 Å². The van der Waals surface area contributed by atoms with Crippen LogP contribution in [0, 0.1) is 0 Å². The molecule has 1 saturated heterocycles. The summed E-state index contributed by atoms with van der Waals surface area (Å²) in [5.74, 6) is 1.49. The van der Waals surface area contributed by atoms with E-state index in [0.29, 0.717) is 30.2 Å². The van der Waals surface area contributed by atoms with Crippen molar-refractivity contribution < 1.29 is 9.32 Å². The minimum absolute atomic E-state index is 0.0392. The standard InChI is InChI=1S/C21H24N4O3/c1-14(2)19-22-20(28-23-19)16-7-5-10-24(12-16)18(26)13-25-11-9-15-6-3-4-8-17(15)21(25)27/h3-4,6,8-9,11,14,16H,5,7,10,12-13H2,1-2H3/t16-/m1/s1. The van der Waals surface area contributed by atoms with Crippen LogP contribution in [0.2, 0.25) is 0 Å². The van der Waals surface area contributed by atoms with Gasteiger partial charge in [0.05, 0.1) is 5.92 Å². The highest BCUT2D eigenvalue weighted by Crippen LogP contribution is 2.27. The number of amides is 1. The molecule has 1 aliphatic rings. The zero-order valence-corrected chi connectivity index (χ0v) is 16.2. The minimum Gasteiger partial charge on any atom is -0.340 e. The molecule has 0 N–H and O–H groups in total. The third kappa shape index (κ3) is 3.56. The molecule has 0 unspecified atom stereocenters. The Hall–Kier alpha value is -2.96. The van der Waals surface area contributed by atoms with Crippen molar-refractivity contribution in [1.29, 1.82) is 0 Å². The van der Waals surface area contributed by atoms with Gasteiger partial charge in [-0.15, -0.1) is 0 Å². The molecule has 1 aliphatic heterocycles. The van der Waals surface area contributed by atoms with E-state index in [1.165, 1.54) is 4.57 Å². The molecule has 1 fully saturated rings. The third-order valence-corrected chi connectivity index (χ3v) is 5.29. The topological polar surface area (TPSA) is 81.2 Å². The average Bonchev–Trinajstić information content (AvgIpc) is 3.21. The van der Waals surface area contributed by atoms with Crippen molar-refractivity contribution in [3.8, 4) is 0 Å². The van der Waals surface area contributed by atoms with Gasteiger partial charge in [-0.05, 0) is 30.4 Å². The quantitative estimate of drug-likeness (QED) is 0.695. The van der Waals surface area contributed by atoms with E-state index in [4.69, 9.17) is 4.52 Å². The number of carbonyl (C=O) groups is 1. The summed E-state index contributed by atoms with van der Waals surface area (Å²) in [5.41, 5.74) is -0.140. The number of nitrogens with zero attached hydrogens (tertiary/aromatic N) is 4. The Morgan fingerprint density at radius 1 is 1.29 bits per heavy atom. The summed E-state index contributed by atoms with van der Waals surface area (Å²) in [6.45, 7) is 5.31. The molecule has 3 aromatic rings. The molecule has 0 spiro atoms. The van der Waals surface area contributed by atoms with Crippen molar-refractivity contribution in [2.75, 3.05) is 13.1 Å². The Bertz CT molecular complexity index is 1050. The second-order valence-corrected chi connectivity index (χ2v) is 7.66. The van der Waals surface area contributed by atoms with Gasteiger partial charge in [0.1, 0.15) is 6.54 Å². The number of piperidine rings is 1. The first-order valence-electron chi connectivity index (χ1n) is 9.72. The molecule has 0 radical (unpaired) electrons. The Morgan fingerprint density at radius 2 is 2.11 bits per heavy atom. The highest BCUT2D eigenvalue weighted by atomic mass is 16.5. The van der Waals surface area contributed by atoms with Gasteiger partial charge in [-0.2, -0.15) is 4.98 Å². The first-order valence-corrected chi connectivity index (χ1v) is 9.72. The summed E-state index contributed by atoms with van der Waals surface area (Å²) < 4.78 is 6.91. The normalized spacial score (nSPS) is 17.4. The molecule has 0 aliphatic carbocycles. The van der Waals surface area contributed by atoms with E-state index < -0.39 is 0 Å². The molecule has 0 bridgehead atoms. The smallest absolute Gasteiger partial charge is 0.258 e. The summed E-state index contributed by atoms with van der Waals surface area (Å²) in [7, 11) is 0. The Balaban J connectivity index is 1.49. The molecule has 7 nitrogen and oxygen atoms in total. The SMILES string of the molecule is CC(C)c1noc([C@@H]2CCCN(C(=O)Cn3ccc4ccccc4c3=O)C2)n1. The van der Waals surface area contributed by atoms with Crippen molar-refractivity contribution in [1.82, 2.24) is 19.6 Å². The van der Waals surface area contributed by atoms with Gasteiger partial charge in [0.25, 0.3) is 5.56 Å². The van der Waals surface area contributed by atoms with E-state index in [0.717, 1.165) is 18.2 Å². The Morgan fingerprint density at radius 3 is 2.89 bits per heavy atom. The molecule has 146 valence electrons. The predicted molar refractivity (Wildman–Crippen MR) is 105 cm³/mol. The van der Waals surface area contributed by atoms with Crippen LogP contribution in [0.1, 0.15) is 50.2 Å². The van der Waals surface area contributed by atoms with E-state index in [1.807, 2.05) is 38.1 Å². The van der Waals surface area contributed by atoms with Crippen LogP contribution in [0.15, 0.2) is 45.8 Å². The van der Waals surface area contributed by atoms with Crippen molar-refractivity contribution >= 4 is 16.7 Å². The summed E-state index contributed by atoms with van der Waals surface area (Å²) in [5, 5.41) is 5.54. The lowest BCUT2D eigenvalue weighted by Gasteiger charge is -2.31. The van der Waals surface area contributed by atoms with E-state index in [1.54, 1.807) is 17.2 Å². The number of pyridine rings is 1. The van der Waals surface area contributed by atoms with Gasteiger partial charge in [-0.3, -0.25) is 9.59 Å². The minimum atomic E-state index is -0.140. The molecule has 1 atom stereocenters. The monoisotopic (exact) mass is 380 g/mol. The van der Waals surface area contributed by atoms with Gasteiger partial charge >= 0.3 is 0 Å². The predicted octanol–water partition coefficient (Wildman–Crippen LogP) is 2.91. The molecular formula is C21H24N4O3.